The lowest BCUT2D eigenvalue weighted by Gasteiger charge is -2.14. The smallest absolute Gasteiger partial charge is 0.344 e. The fourth-order valence-electron chi connectivity index (χ4n) is 2.66. The van der Waals surface area contributed by atoms with Crippen molar-refractivity contribution in [2.24, 2.45) is 0 Å². The van der Waals surface area contributed by atoms with Crippen LogP contribution in [0.25, 0.3) is 22.1 Å². The molecule has 6 heteroatoms. The van der Waals surface area contributed by atoms with E-state index in [0.717, 1.165) is 5.39 Å². The lowest BCUT2D eigenvalue weighted by Crippen LogP contribution is -2.04. The van der Waals surface area contributed by atoms with Crippen molar-refractivity contribution in [3.63, 3.8) is 0 Å². The molecule has 0 amide bonds. The number of ether oxygens (including phenoxy) is 4. The summed E-state index contributed by atoms with van der Waals surface area (Å²) in [5, 5.41) is 0.782. The largest absolute Gasteiger partial charge is 0.497 e. The highest BCUT2D eigenvalue weighted by Gasteiger charge is 2.17. The van der Waals surface area contributed by atoms with Crippen LogP contribution in [0.5, 0.6) is 23.0 Å². The van der Waals surface area contributed by atoms with E-state index in [4.69, 9.17) is 23.4 Å². The summed E-state index contributed by atoms with van der Waals surface area (Å²) in [7, 11) is 6.13. The maximum atomic E-state index is 12.5. The van der Waals surface area contributed by atoms with Crippen molar-refractivity contribution in [1.82, 2.24) is 0 Å². The zero-order valence-electron chi connectivity index (χ0n) is 14.4. The van der Waals surface area contributed by atoms with E-state index in [-0.39, 0.29) is 0 Å². The standard InChI is InChI=1S/C19H18O6/c1-21-13-6-5-11-7-14(19(20)25-15(11)10-13)12-8-16(22-2)18(24-4)17(9-12)23-3/h5-10H,1-4H3. The molecule has 0 atom stereocenters. The van der Waals surface area contributed by atoms with Gasteiger partial charge in [0.05, 0.1) is 34.0 Å². The molecule has 6 nitrogen and oxygen atoms in total. The summed E-state index contributed by atoms with van der Waals surface area (Å²) >= 11 is 0. The molecule has 0 saturated heterocycles. The molecule has 0 fully saturated rings. The Labute approximate surface area is 144 Å². The summed E-state index contributed by atoms with van der Waals surface area (Å²) in [4.78, 5) is 12.5. The zero-order valence-corrected chi connectivity index (χ0v) is 14.4. The van der Waals surface area contributed by atoms with Crippen LogP contribution in [0.2, 0.25) is 0 Å². The monoisotopic (exact) mass is 342 g/mol. The van der Waals surface area contributed by atoms with Crippen molar-refractivity contribution in [3.8, 4) is 34.1 Å². The van der Waals surface area contributed by atoms with E-state index in [2.05, 4.69) is 0 Å². The molecule has 0 unspecified atom stereocenters. The fourth-order valence-corrected chi connectivity index (χ4v) is 2.66. The summed E-state index contributed by atoms with van der Waals surface area (Å²) < 4.78 is 26.6. The Kier molecular flexibility index (Phi) is 4.52. The fraction of sp³-hybridized carbons (Fsp3) is 0.211. The van der Waals surface area contributed by atoms with Gasteiger partial charge in [-0.05, 0) is 35.9 Å². The molecule has 0 N–H and O–H groups in total. The highest BCUT2D eigenvalue weighted by atomic mass is 16.5. The van der Waals surface area contributed by atoms with Crippen molar-refractivity contribution >= 4 is 11.0 Å². The normalized spacial score (nSPS) is 10.6. The van der Waals surface area contributed by atoms with Crippen LogP contribution in [-0.2, 0) is 0 Å². The van der Waals surface area contributed by atoms with E-state index >= 15 is 0 Å². The van der Waals surface area contributed by atoms with Gasteiger partial charge in [-0.1, -0.05) is 0 Å². The Hall–Kier alpha value is -3.15. The first-order valence-corrected chi connectivity index (χ1v) is 7.53. The van der Waals surface area contributed by atoms with Gasteiger partial charge in [-0.25, -0.2) is 4.79 Å². The van der Waals surface area contributed by atoms with Gasteiger partial charge in [0, 0.05) is 11.5 Å². The second-order valence-electron chi connectivity index (χ2n) is 5.27. The minimum Gasteiger partial charge on any atom is -0.497 e. The van der Waals surface area contributed by atoms with Crippen LogP contribution >= 0.6 is 0 Å². The van der Waals surface area contributed by atoms with E-state index in [9.17, 15) is 4.79 Å². The first-order valence-electron chi connectivity index (χ1n) is 7.53. The van der Waals surface area contributed by atoms with Crippen molar-refractivity contribution < 1.29 is 23.4 Å². The highest BCUT2D eigenvalue weighted by molar-refractivity contribution is 5.83. The molecule has 0 aliphatic rings. The quantitative estimate of drug-likeness (QED) is 0.661. The molecule has 1 heterocycles. The van der Waals surface area contributed by atoms with Gasteiger partial charge in [0.25, 0.3) is 0 Å². The zero-order chi connectivity index (χ0) is 18.0. The van der Waals surface area contributed by atoms with Gasteiger partial charge in [-0.3, -0.25) is 0 Å². The van der Waals surface area contributed by atoms with Gasteiger partial charge in [0.1, 0.15) is 11.3 Å². The third kappa shape index (κ3) is 2.98. The average molecular weight is 342 g/mol. The van der Waals surface area contributed by atoms with Gasteiger partial charge >= 0.3 is 5.63 Å². The summed E-state index contributed by atoms with van der Waals surface area (Å²) in [6.07, 6.45) is 0. The molecule has 3 rings (SSSR count). The molecule has 0 radical (unpaired) electrons. The Morgan fingerprint density at radius 2 is 1.48 bits per heavy atom. The van der Waals surface area contributed by atoms with Crippen LogP contribution in [0.3, 0.4) is 0 Å². The summed E-state index contributed by atoms with van der Waals surface area (Å²) in [6.45, 7) is 0. The van der Waals surface area contributed by atoms with E-state index in [1.807, 2.05) is 6.07 Å². The van der Waals surface area contributed by atoms with Crippen LogP contribution in [-0.4, -0.2) is 28.4 Å². The number of benzene rings is 2. The molecular weight excluding hydrogens is 324 g/mol. The summed E-state index contributed by atoms with van der Waals surface area (Å²) in [5.74, 6) is 2.01. The van der Waals surface area contributed by atoms with E-state index in [1.165, 1.54) is 21.3 Å². The third-order valence-electron chi connectivity index (χ3n) is 3.92. The molecule has 0 aliphatic carbocycles. The van der Waals surface area contributed by atoms with E-state index < -0.39 is 5.63 Å². The Morgan fingerprint density at radius 1 is 0.800 bits per heavy atom. The molecule has 3 aromatic rings. The average Bonchev–Trinajstić information content (AvgIpc) is 2.65. The topological polar surface area (TPSA) is 67.1 Å². The molecule has 25 heavy (non-hydrogen) atoms. The van der Waals surface area contributed by atoms with Gasteiger partial charge < -0.3 is 23.4 Å². The van der Waals surface area contributed by atoms with Crippen molar-refractivity contribution in [3.05, 3.63) is 46.8 Å². The van der Waals surface area contributed by atoms with Gasteiger partial charge in [0.2, 0.25) is 5.75 Å². The first-order chi connectivity index (χ1) is 12.1. The molecule has 0 saturated carbocycles. The maximum absolute atomic E-state index is 12.5. The summed E-state index contributed by atoms with van der Waals surface area (Å²) in [5.41, 5.74) is 1.01. The van der Waals surface area contributed by atoms with Crippen LogP contribution in [0.4, 0.5) is 0 Å². The van der Waals surface area contributed by atoms with E-state index in [1.54, 1.807) is 37.4 Å². The number of hydrogen-bond acceptors (Lipinski definition) is 6. The number of fused-ring (bicyclic) bond motifs is 1. The molecular formula is C19H18O6. The van der Waals surface area contributed by atoms with Gasteiger partial charge in [-0.15, -0.1) is 0 Å². The lowest BCUT2D eigenvalue weighted by atomic mass is 10.0. The molecule has 2 aromatic carbocycles. The maximum Gasteiger partial charge on any atom is 0.344 e. The second kappa shape index (κ2) is 6.76. The van der Waals surface area contributed by atoms with Crippen LogP contribution < -0.4 is 24.6 Å². The van der Waals surface area contributed by atoms with Gasteiger partial charge in [-0.2, -0.15) is 0 Å². The first kappa shape index (κ1) is 16.7. The lowest BCUT2D eigenvalue weighted by molar-refractivity contribution is 0.324. The van der Waals surface area contributed by atoms with Crippen LogP contribution in [0.15, 0.2) is 45.6 Å². The van der Waals surface area contributed by atoms with E-state index in [0.29, 0.717) is 39.7 Å². The molecule has 0 bridgehead atoms. The predicted octanol–water partition coefficient (Wildman–Crippen LogP) is 3.49. The van der Waals surface area contributed by atoms with Crippen molar-refractivity contribution in [2.75, 3.05) is 28.4 Å². The van der Waals surface area contributed by atoms with Crippen LogP contribution in [0.1, 0.15) is 0 Å². The van der Waals surface area contributed by atoms with Gasteiger partial charge in [0.15, 0.2) is 11.5 Å². The highest BCUT2D eigenvalue weighted by Crippen LogP contribution is 2.41. The number of methoxy groups -OCH3 is 4. The molecule has 0 aliphatic heterocycles. The Bertz CT molecular complexity index is 948. The molecule has 130 valence electrons. The number of hydrogen-bond donors (Lipinski definition) is 0. The Morgan fingerprint density at radius 3 is 2.04 bits per heavy atom. The molecule has 1 aromatic heterocycles. The van der Waals surface area contributed by atoms with Crippen molar-refractivity contribution in [2.45, 2.75) is 0 Å². The number of rotatable bonds is 5. The molecule has 0 spiro atoms. The SMILES string of the molecule is COc1ccc2cc(-c3cc(OC)c(OC)c(OC)c3)c(=O)oc2c1. The second-order valence-corrected chi connectivity index (χ2v) is 5.27. The minimum atomic E-state index is -0.463. The van der Waals surface area contributed by atoms with Crippen molar-refractivity contribution in [1.29, 1.82) is 0 Å². The Balaban J connectivity index is 2.22. The third-order valence-corrected chi connectivity index (χ3v) is 3.92. The minimum absolute atomic E-state index is 0.400. The predicted molar refractivity (Wildman–Crippen MR) is 94.1 cm³/mol. The summed E-state index contributed by atoms with van der Waals surface area (Å²) in [6, 6.07) is 10.5. The van der Waals surface area contributed by atoms with Crippen LogP contribution in [0, 0.1) is 0 Å².